The van der Waals surface area contributed by atoms with Crippen LogP contribution in [0.25, 0.3) is 0 Å². The van der Waals surface area contributed by atoms with Crippen LogP contribution in [0.1, 0.15) is 25.5 Å². The number of ether oxygens (including phenoxy) is 1. The van der Waals surface area contributed by atoms with Crippen molar-refractivity contribution in [1.82, 2.24) is 0 Å². The Kier molecular flexibility index (Phi) is 4.15. The zero-order valence-electron chi connectivity index (χ0n) is 12.2. The van der Waals surface area contributed by atoms with Crippen molar-refractivity contribution in [2.45, 2.75) is 26.0 Å². The van der Waals surface area contributed by atoms with Crippen molar-refractivity contribution in [1.29, 1.82) is 0 Å². The number of rotatable bonds is 2. The van der Waals surface area contributed by atoms with Crippen LogP contribution in [-0.4, -0.2) is 12.0 Å². The highest BCUT2D eigenvalue weighted by atomic mass is 79.9. The van der Waals surface area contributed by atoms with Crippen LogP contribution in [0.15, 0.2) is 46.9 Å². The second kappa shape index (κ2) is 5.94. The third-order valence-electron chi connectivity index (χ3n) is 3.79. The molecule has 22 heavy (non-hydrogen) atoms. The van der Waals surface area contributed by atoms with E-state index in [9.17, 15) is 4.79 Å². The number of hydrogen-bond acceptors (Lipinski definition) is 2. The fourth-order valence-corrected chi connectivity index (χ4v) is 3.19. The highest BCUT2D eigenvalue weighted by Gasteiger charge is 2.35. The molecule has 0 unspecified atom stereocenters. The summed E-state index contributed by atoms with van der Waals surface area (Å²) in [6, 6.07) is 13.1. The zero-order valence-corrected chi connectivity index (χ0v) is 14.6. The van der Waals surface area contributed by atoms with Crippen LogP contribution >= 0.6 is 27.5 Å². The third kappa shape index (κ3) is 2.73. The third-order valence-corrected chi connectivity index (χ3v) is 4.52. The standard InChI is InChI=1S/C17H15BrClNO2/c1-10(12-4-3-5-14(19)8-12)20-15-7-6-13(18)9-16(15)22-11(2)17(20)21/h3-11H,1-2H3/t10-,11+/m0/s1. The maximum atomic E-state index is 12.6. The van der Waals surface area contributed by atoms with E-state index in [1.807, 2.05) is 49.4 Å². The number of benzene rings is 2. The van der Waals surface area contributed by atoms with Gasteiger partial charge in [0.25, 0.3) is 5.91 Å². The fraction of sp³-hybridized carbons (Fsp3) is 0.235. The van der Waals surface area contributed by atoms with Crippen molar-refractivity contribution < 1.29 is 9.53 Å². The summed E-state index contributed by atoms with van der Waals surface area (Å²) in [5.41, 5.74) is 1.77. The lowest BCUT2D eigenvalue weighted by atomic mass is 10.0. The molecular formula is C17H15BrClNO2. The molecule has 1 amide bonds. The molecule has 0 radical (unpaired) electrons. The molecule has 1 heterocycles. The number of fused-ring (bicyclic) bond motifs is 1. The van der Waals surface area contributed by atoms with Crippen LogP contribution in [0.2, 0.25) is 5.02 Å². The molecule has 0 bridgehead atoms. The van der Waals surface area contributed by atoms with Crippen molar-refractivity contribution in [3.63, 3.8) is 0 Å². The van der Waals surface area contributed by atoms with Crippen LogP contribution in [0.5, 0.6) is 5.75 Å². The molecule has 3 rings (SSSR count). The summed E-state index contributed by atoms with van der Waals surface area (Å²) in [6.07, 6.45) is -0.511. The van der Waals surface area contributed by atoms with Crippen molar-refractivity contribution in [3.8, 4) is 5.75 Å². The minimum Gasteiger partial charge on any atom is -0.479 e. The van der Waals surface area contributed by atoms with Gasteiger partial charge in [-0.25, -0.2) is 0 Å². The zero-order chi connectivity index (χ0) is 15.9. The molecule has 0 aliphatic carbocycles. The second-order valence-corrected chi connectivity index (χ2v) is 6.66. The quantitative estimate of drug-likeness (QED) is 0.735. The number of amides is 1. The molecule has 0 N–H and O–H groups in total. The smallest absolute Gasteiger partial charge is 0.268 e. The van der Waals surface area contributed by atoms with E-state index >= 15 is 0 Å². The van der Waals surface area contributed by atoms with Crippen molar-refractivity contribution in [2.75, 3.05) is 4.90 Å². The Hall–Kier alpha value is -1.52. The number of anilines is 1. The summed E-state index contributed by atoms with van der Waals surface area (Å²) in [4.78, 5) is 14.4. The summed E-state index contributed by atoms with van der Waals surface area (Å²) >= 11 is 9.52. The molecule has 0 fully saturated rings. The van der Waals surface area contributed by atoms with E-state index in [1.165, 1.54) is 0 Å². The maximum absolute atomic E-state index is 12.6. The molecule has 0 aromatic heterocycles. The van der Waals surface area contributed by atoms with Crippen LogP contribution in [0, 0.1) is 0 Å². The van der Waals surface area contributed by atoms with E-state index in [0.29, 0.717) is 10.8 Å². The van der Waals surface area contributed by atoms with Gasteiger partial charge < -0.3 is 4.74 Å². The number of hydrogen-bond donors (Lipinski definition) is 0. The molecule has 114 valence electrons. The maximum Gasteiger partial charge on any atom is 0.268 e. The minimum atomic E-state index is -0.511. The first-order chi connectivity index (χ1) is 10.5. The molecule has 3 nitrogen and oxygen atoms in total. The van der Waals surface area contributed by atoms with Gasteiger partial charge in [0.05, 0.1) is 11.7 Å². The Labute approximate surface area is 143 Å². The van der Waals surface area contributed by atoms with E-state index in [2.05, 4.69) is 15.9 Å². The molecule has 2 atom stereocenters. The Balaban J connectivity index is 2.07. The van der Waals surface area contributed by atoms with Crippen molar-refractivity contribution in [2.24, 2.45) is 0 Å². The van der Waals surface area contributed by atoms with E-state index in [0.717, 1.165) is 15.7 Å². The van der Waals surface area contributed by atoms with Crippen molar-refractivity contribution in [3.05, 3.63) is 57.5 Å². The first kappa shape index (κ1) is 15.4. The first-order valence-corrected chi connectivity index (χ1v) is 8.19. The Morgan fingerprint density at radius 1 is 1.27 bits per heavy atom. The SMILES string of the molecule is C[C@H]1Oc2cc(Br)ccc2N([C@@H](C)c2cccc(Cl)c2)C1=O. The van der Waals surface area contributed by atoms with Gasteiger partial charge in [0.1, 0.15) is 5.75 Å². The largest absolute Gasteiger partial charge is 0.479 e. The monoisotopic (exact) mass is 379 g/mol. The van der Waals surface area contributed by atoms with E-state index < -0.39 is 6.10 Å². The number of carbonyl (C=O) groups is 1. The summed E-state index contributed by atoms with van der Waals surface area (Å²) in [6.45, 7) is 3.76. The van der Waals surface area contributed by atoms with Crippen LogP contribution in [0.4, 0.5) is 5.69 Å². The van der Waals surface area contributed by atoms with E-state index in [1.54, 1.807) is 11.8 Å². The van der Waals surface area contributed by atoms with Gasteiger partial charge in [-0.1, -0.05) is 39.7 Å². The molecule has 0 saturated heterocycles. The van der Waals surface area contributed by atoms with Gasteiger partial charge in [0, 0.05) is 9.50 Å². The van der Waals surface area contributed by atoms with Gasteiger partial charge in [0.2, 0.25) is 0 Å². The molecule has 1 aliphatic heterocycles. The lowest BCUT2D eigenvalue weighted by Gasteiger charge is -2.37. The summed E-state index contributed by atoms with van der Waals surface area (Å²) in [7, 11) is 0. The molecule has 1 aliphatic rings. The first-order valence-electron chi connectivity index (χ1n) is 7.02. The van der Waals surface area contributed by atoms with Crippen LogP contribution in [-0.2, 0) is 4.79 Å². The summed E-state index contributed by atoms with van der Waals surface area (Å²) < 4.78 is 6.64. The number of halogens is 2. The van der Waals surface area contributed by atoms with Crippen molar-refractivity contribution >= 4 is 39.1 Å². The predicted molar refractivity (Wildman–Crippen MR) is 91.6 cm³/mol. The summed E-state index contributed by atoms with van der Waals surface area (Å²) in [5, 5.41) is 0.661. The van der Waals surface area contributed by atoms with E-state index in [-0.39, 0.29) is 11.9 Å². The minimum absolute atomic E-state index is 0.0534. The molecular weight excluding hydrogens is 366 g/mol. The molecule has 0 saturated carbocycles. The Morgan fingerprint density at radius 3 is 2.77 bits per heavy atom. The number of nitrogens with zero attached hydrogens (tertiary/aromatic N) is 1. The van der Waals surface area contributed by atoms with E-state index in [4.69, 9.17) is 16.3 Å². The van der Waals surface area contributed by atoms with Gasteiger partial charge >= 0.3 is 0 Å². The number of carbonyl (C=O) groups excluding carboxylic acids is 1. The fourth-order valence-electron chi connectivity index (χ4n) is 2.65. The van der Waals surface area contributed by atoms with Gasteiger partial charge in [-0.3, -0.25) is 9.69 Å². The molecule has 0 spiro atoms. The van der Waals surface area contributed by atoms with Gasteiger partial charge in [-0.15, -0.1) is 0 Å². The average Bonchev–Trinajstić information content (AvgIpc) is 2.48. The average molecular weight is 381 g/mol. The lowest BCUT2D eigenvalue weighted by Crippen LogP contribution is -2.45. The predicted octanol–water partition coefficient (Wildman–Crippen LogP) is 4.98. The molecule has 5 heteroatoms. The second-order valence-electron chi connectivity index (χ2n) is 5.31. The normalized spacial score (nSPS) is 18.6. The highest BCUT2D eigenvalue weighted by Crippen LogP contribution is 2.40. The molecule has 2 aromatic carbocycles. The van der Waals surface area contributed by atoms with Gasteiger partial charge in [-0.2, -0.15) is 0 Å². The Bertz CT molecular complexity index is 734. The van der Waals surface area contributed by atoms with Gasteiger partial charge in [0.15, 0.2) is 6.10 Å². The summed E-state index contributed by atoms with van der Waals surface area (Å²) in [5.74, 6) is 0.651. The topological polar surface area (TPSA) is 29.5 Å². The van der Waals surface area contributed by atoms with Gasteiger partial charge in [-0.05, 0) is 49.7 Å². The van der Waals surface area contributed by atoms with Crippen LogP contribution in [0.3, 0.4) is 0 Å². The molecule has 2 aromatic rings. The lowest BCUT2D eigenvalue weighted by molar-refractivity contribution is -0.126. The Morgan fingerprint density at radius 2 is 2.05 bits per heavy atom. The van der Waals surface area contributed by atoms with Crippen LogP contribution < -0.4 is 9.64 Å². The highest BCUT2D eigenvalue weighted by molar-refractivity contribution is 9.10.